The Hall–Kier alpha value is -1.03. The molecular formula is C20H28F6O4. The molecule has 30 heavy (non-hydrogen) atoms. The lowest BCUT2D eigenvalue weighted by molar-refractivity contribution is -0.388. The van der Waals surface area contributed by atoms with E-state index in [1.807, 2.05) is 0 Å². The van der Waals surface area contributed by atoms with Crippen molar-refractivity contribution in [2.45, 2.75) is 89.0 Å². The van der Waals surface area contributed by atoms with E-state index in [4.69, 9.17) is 9.47 Å². The van der Waals surface area contributed by atoms with E-state index in [0.29, 0.717) is 32.1 Å². The summed E-state index contributed by atoms with van der Waals surface area (Å²) in [5.74, 6) is -0.920. The van der Waals surface area contributed by atoms with E-state index in [9.17, 15) is 36.2 Å². The van der Waals surface area contributed by atoms with Gasteiger partial charge in [-0.15, -0.1) is 0 Å². The van der Waals surface area contributed by atoms with Crippen molar-refractivity contribution in [3.63, 3.8) is 0 Å². The van der Waals surface area contributed by atoms with Crippen LogP contribution in [-0.2, 0) is 14.3 Å². The van der Waals surface area contributed by atoms with Crippen LogP contribution in [-0.4, -0.2) is 46.8 Å². The summed E-state index contributed by atoms with van der Waals surface area (Å²) in [6.45, 7) is 4.77. The molecule has 4 fully saturated rings. The van der Waals surface area contributed by atoms with Crippen LogP contribution in [0.1, 0.15) is 59.8 Å². The number of rotatable bonds is 4. The Labute approximate surface area is 171 Å². The highest BCUT2D eigenvalue weighted by Gasteiger charge is 2.72. The number of hydrogen-bond acceptors (Lipinski definition) is 4. The summed E-state index contributed by atoms with van der Waals surface area (Å²) in [6.07, 6.45) is -9.37. The van der Waals surface area contributed by atoms with Crippen LogP contribution < -0.4 is 0 Å². The molecule has 1 N–H and O–H groups in total. The summed E-state index contributed by atoms with van der Waals surface area (Å²) >= 11 is 0. The fourth-order valence-corrected chi connectivity index (χ4v) is 5.41. The summed E-state index contributed by atoms with van der Waals surface area (Å²) in [7, 11) is 0. The number of alkyl halides is 6. The Bertz CT molecular complexity index is 663. The molecule has 0 aliphatic heterocycles. The van der Waals surface area contributed by atoms with Crippen LogP contribution in [0.4, 0.5) is 26.3 Å². The van der Waals surface area contributed by atoms with Crippen LogP contribution in [0, 0.1) is 23.2 Å². The van der Waals surface area contributed by atoms with Gasteiger partial charge in [-0.05, 0) is 77.6 Å². The Morgan fingerprint density at radius 3 is 1.83 bits per heavy atom. The van der Waals surface area contributed by atoms with Crippen LogP contribution in [0.2, 0.25) is 0 Å². The summed E-state index contributed by atoms with van der Waals surface area (Å²) in [4.78, 5) is 12.5. The van der Waals surface area contributed by atoms with Gasteiger partial charge in [-0.1, -0.05) is 0 Å². The number of carbonyl (C=O) groups is 1. The Kier molecular flexibility index (Phi) is 5.30. The van der Waals surface area contributed by atoms with Gasteiger partial charge in [0.2, 0.25) is 0 Å². The first-order valence-corrected chi connectivity index (χ1v) is 10.1. The summed E-state index contributed by atoms with van der Waals surface area (Å²) in [5, 5.41) is 9.47. The Morgan fingerprint density at radius 1 is 0.967 bits per heavy atom. The van der Waals surface area contributed by atoms with Crippen molar-refractivity contribution < 1.29 is 45.7 Å². The molecule has 4 aliphatic carbocycles. The van der Waals surface area contributed by atoms with Crippen molar-refractivity contribution in [2.75, 3.05) is 6.61 Å². The molecule has 0 radical (unpaired) electrons. The molecule has 0 aromatic rings. The van der Waals surface area contributed by atoms with Gasteiger partial charge in [0.1, 0.15) is 5.60 Å². The maximum absolute atomic E-state index is 13.0. The highest BCUT2D eigenvalue weighted by atomic mass is 19.4. The molecule has 4 aliphatic rings. The molecule has 4 saturated carbocycles. The lowest BCUT2D eigenvalue weighted by atomic mass is 9.48. The standard InChI is InChI=1S/C20H28F6O4/c1-15(2,3)14(27)30-17-7-11-5-12(8-17)16(4,13(6-11)9-17)29-10-18(28,19(21,22)23)20(24,25)26/h11-13,28H,5-10H2,1-4H3. The maximum atomic E-state index is 13.0. The fraction of sp³-hybridized carbons (Fsp3) is 0.950. The van der Waals surface area contributed by atoms with Crippen LogP contribution in [0.3, 0.4) is 0 Å². The minimum atomic E-state index is -5.92. The lowest BCUT2D eigenvalue weighted by Gasteiger charge is -2.63. The second-order valence-electron chi connectivity index (χ2n) is 10.5. The number of carbonyl (C=O) groups excluding carboxylic acids is 1. The third kappa shape index (κ3) is 3.72. The lowest BCUT2D eigenvalue weighted by Crippen LogP contribution is -2.67. The number of hydrogen-bond donors (Lipinski definition) is 1. The second-order valence-corrected chi connectivity index (χ2v) is 10.5. The van der Waals surface area contributed by atoms with Gasteiger partial charge < -0.3 is 14.6 Å². The minimum absolute atomic E-state index is 0.177. The van der Waals surface area contributed by atoms with E-state index in [0.717, 1.165) is 0 Å². The molecule has 0 heterocycles. The SMILES string of the molecule is CC(C)(C)C(=O)OC12CC3CC(C1)C(C)(OCC(O)(C(F)(F)F)C(F)(F)F)C(C3)C2. The topological polar surface area (TPSA) is 55.8 Å². The maximum Gasteiger partial charge on any atom is 0.428 e. The number of esters is 1. The van der Waals surface area contributed by atoms with Gasteiger partial charge in [0, 0.05) is 0 Å². The Balaban J connectivity index is 1.80. The number of ether oxygens (including phenoxy) is 2. The number of aliphatic hydroxyl groups is 1. The zero-order valence-corrected chi connectivity index (χ0v) is 17.4. The van der Waals surface area contributed by atoms with E-state index in [1.165, 1.54) is 6.92 Å². The highest BCUT2D eigenvalue weighted by Crippen LogP contribution is 2.62. The van der Waals surface area contributed by atoms with Gasteiger partial charge in [-0.2, -0.15) is 26.3 Å². The van der Waals surface area contributed by atoms with Gasteiger partial charge in [0.25, 0.3) is 5.60 Å². The monoisotopic (exact) mass is 446 g/mol. The average Bonchev–Trinajstić information content (AvgIpc) is 2.53. The molecule has 2 atom stereocenters. The summed E-state index contributed by atoms with van der Waals surface area (Å²) in [5.41, 5.74) is -7.68. The van der Waals surface area contributed by atoms with Crippen LogP contribution in [0.5, 0.6) is 0 Å². The van der Waals surface area contributed by atoms with Gasteiger partial charge >= 0.3 is 18.3 Å². The Morgan fingerprint density at radius 2 is 1.43 bits per heavy atom. The van der Waals surface area contributed by atoms with E-state index >= 15 is 0 Å². The largest absolute Gasteiger partial charge is 0.459 e. The third-order valence-electron chi connectivity index (χ3n) is 7.21. The molecule has 2 unspecified atom stereocenters. The van der Waals surface area contributed by atoms with E-state index in [2.05, 4.69) is 0 Å². The molecule has 0 aromatic carbocycles. The minimum Gasteiger partial charge on any atom is -0.459 e. The fourth-order valence-electron chi connectivity index (χ4n) is 5.41. The summed E-state index contributed by atoms with van der Waals surface area (Å²) < 4.78 is 89.5. The predicted molar refractivity (Wildman–Crippen MR) is 93.2 cm³/mol. The normalized spacial score (nSPS) is 36.8. The molecular weight excluding hydrogens is 418 g/mol. The van der Waals surface area contributed by atoms with Crippen LogP contribution in [0.15, 0.2) is 0 Å². The molecule has 4 nitrogen and oxygen atoms in total. The van der Waals surface area contributed by atoms with E-state index in [1.54, 1.807) is 20.8 Å². The van der Waals surface area contributed by atoms with Gasteiger partial charge in [0.15, 0.2) is 0 Å². The van der Waals surface area contributed by atoms with Crippen molar-refractivity contribution in [1.29, 1.82) is 0 Å². The summed E-state index contributed by atoms with van der Waals surface area (Å²) in [6, 6.07) is 0. The van der Waals surface area contributed by atoms with Crippen molar-refractivity contribution >= 4 is 5.97 Å². The van der Waals surface area contributed by atoms with Gasteiger partial charge in [-0.25, -0.2) is 0 Å². The predicted octanol–water partition coefficient (Wildman–Crippen LogP) is 4.79. The van der Waals surface area contributed by atoms with Crippen LogP contribution >= 0.6 is 0 Å². The van der Waals surface area contributed by atoms with Gasteiger partial charge in [-0.3, -0.25) is 4.79 Å². The molecule has 0 saturated heterocycles. The average molecular weight is 446 g/mol. The zero-order valence-electron chi connectivity index (χ0n) is 17.4. The van der Waals surface area contributed by atoms with Gasteiger partial charge in [0.05, 0.1) is 17.6 Å². The van der Waals surface area contributed by atoms with Crippen molar-refractivity contribution in [3.05, 3.63) is 0 Å². The van der Waals surface area contributed by atoms with E-state index in [-0.39, 0.29) is 23.7 Å². The molecule has 0 amide bonds. The highest BCUT2D eigenvalue weighted by molar-refractivity contribution is 5.75. The molecule has 4 rings (SSSR count). The van der Waals surface area contributed by atoms with Crippen LogP contribution in [0.25, 0.3) is 0 Å². The molecule has 4 bridgehead atoms. The molecule has 174 valence electrons. The van der Waals surface area contributed by atoms with Crippen molar-refractivity contribution in [2.24, 2.45) is 23.2 Å². The molecule has 10 heteroatoms. The zero-order chi connectivity index (χ0) is 23.0. The number of halogens is 6. The third-order valence-corrected chi connectivity index (χ3v) is 7.21. The smallest absolute Gasteiger partial charge is 0.428 e. The molecule has 0 spiro atoms. The first-order valence-electron chi connectivity index (χ1n) is 10.1. The molecule has 0 aromatic heterocycles. The van der Waals surface area contributed by atoms with E-state index < -0.39 is 41.2 Å². The quantitative estimate of drug-likeness (QED) is 0.499. The van der Waals surface area contributed by atoms with Crippen molar-refractivity contribution in [1.82, 2.24) is 0 Å². The first-order chi connectivity index (χ1) is 13.3. The second kappa shape index (κ2) is 6.73. The van der Waals surface area contributed by atoms with Crippen molar-refractivity contribution in [3.8, 4) is 0 Å². The first kappa shape index (κ1) is 23.6.